The topological polar surface area (TPSA) is 30.5 Å². The first-order valence-corrected chi connectivity index (χ1v) is 7.99. The monoisotopic (exact) mass is 313 g/mol. The van der Waals surface area contributed by atoms with Gasteiger partial charge in [-0.2, -0.15) is 0 Å². The van der Waals surface area contributed by atoms with Gasteiger partial charge in [0.1, 0.15) is 5.75 Å². The number of methoxy groups -OCH3 is 2. The Hall–Kier alpha value is -0.770. The first kappa shape index (κ1) is 18.3. The Bertz CT molecular complexity index is 433. The molecule has 0 aliphatic carbocycles. The molecule has 0 amide bonds. The molecule has 2 atom stereocenters. The lowest BCUT2D eigenvalue weighted by Gasteiger charge is -2.37. The van der Waals surface area contributed by atoms with Crippen molar-refractivity contribution < 1.29 is 9.47 Å². The highest BCUT2D eigenvalue weighted by atomic mass is 35.5. The minimum absolute atomic E-state index is 0.208. The fraction of sp³-hybridized carbons (Fsp3) is 0.647. The lowest BCUT2D eigenvalue weighted by molar-refractivity contribution is -0.0288. The average molecular weight is 314 g/mol. The van der Waals surface area contributed by atoms with Crippen LogP contribution in [-0.4, -0.2) is 32.4 Å². The van der Waals surface area contributed by atoms with Gasteiger partial charge >= 0.3 is 0 Å². The molecule has 0 saturated carbocycles. The van der Waals surface area contributed by atoms with Gasteiger partial charge in [0, 0.05) is 18.2 Å². The van der Waals surface area contributed by atoms with E-state index in [1.807, 2.05) is 18.2 Å². The van der Waals surface area contributed by atoms with Crippen LogP contribution in [0.1, 0.15) is 39.2 Å². The van der Waals surface area contributed by atoms with Gasteiger partial charge in [-0.05, 0) is 56.5 Å². The van der Waals surface area contributed by atoms with Crippen LogP contribution in [0.25, 0.3) is 0 Å². The molecule has 2 unspecified atom stereocenters. The number of ether oxygens (including phenoxy) is 2. The first-order chi connectivity index (χ1) is 10.0. The summed E-state index contributed by atoms with van der Waals surface area (Å²) in [4.78, 5) is 0. The standard InChI is InChI=1S/C17H28ClNO2/c1-6-10-19-16(17(3,7-2)21-5)12-13-11-14(18)8-9-15(13)20-4/h8-9,11,16,19H,6-7,10,12H2,1-5H3. The minimum atomic E-state index is -0.220. The van der Waals surface area contributed by atoms with Crippen molar-refractivity contribution in [3.05, 3.63) is 28.8 Å². The largest absolute Gasteiger partial charge is 0.496 e. The Morgan fingerprint density at radius 2 is 2.00 bits per heavy atom. The quantitative estimate of drug-likeness (QED) is 0.745. The molecule has 0 spiro atoms. The molecule has 0 aliphatic rings. The lowest BCUT2D eigenvalue weighted by atomic mass is 9.88. The zero-order chi connectivity index (χ0) is 15.9. The maximum atomic E-state index is 6.14. The zero-order valence-corrected chi connectivity index (χ0v) is 14.6. The highest BCUT2D eigenvalue weighted by Crippen LogP contribution is 2.28. The number of nitrogens with one attached hydrogen (secondary N) is 1. The maximum absolute atomic E-state index is 6.14. The second-order valence-electron chi connectivity index (χ2n) is 5.54. The van der Waals surface area contributed by atoms with Gasteiger partial charge in [0.05, 0.1) is 12.7 Å². The molecule has 21 heavy (non-hydrogen) atoms. The van der Waals surface area contributed by atoms with E-state index in [9.17, 15) is 0 Å². The van der Waals surface area contributed by atoms with Crippen LogP contribution in [0.4, 0.5) is 0 Å². The van der Waals surface area contributed by atoms with Crippen molar-refractivity contribution in [2.75, 3.05) is 20.8 Å². The van der Waals surface area contributed by atoms with Crippen LogP contribution in [0.5, 0.6) is 5.75 Å². The Morgan fingerprint density at radius 1 is 1.29 bits per heavy atom. The zero-order valence-electron chi connectivity index (χ0n) is 13.8. The molecule has 120 valence electrons. The van der Waals surface area contributed by atoms with Crippen molar-refractivity contribution in [3.63, 3.8) is 0 Å². The lowest BCUT2D eigenvalue weighted by Crippen LogP contribution is -2.51. The van der Waals surface area contributed by atoms with Gasteiger partial charge in [0.15, 0.2) is 0 Å². The van der Waals surface area contributed by atoms with Crippen LogP contribution < -0.4 is 10.1 Å². The molecule has 0 heterocycles. The molecule has 1 rings (SSSR count). The molecule has 0 aliphatic heterocycles. The summed E-state index contributed by atoms with van der Waals surface area (Å²) < 4.78 is 11.2. The predicted octanol–water partition coefficient (Wildman–Crippen LogP) is 4.07. The number of halogens is 1. The fourth-order valence-electron chi connectivity index (χ4n) is 2.48. The summed E-state index contributed by atoms with van der Waals surface area (Å²) >= 11 is 6.14. The highest BCUT2D eigenvalue weighted by molar-refractivity contribution is 6.30. The molecule has 1 aromatic rings. The van der Waals surface area contributed by atoms with Gasteiger partial charge < -0.3 is 14.8 Å². The van der Waals surface area contributed by atoms with Crippen molar-refractivity contribution in [2.24, 2.45) is 0 Å². The van der Waals surface area contributed by atoms with Crippen LogP contribution in [0.2, 0.25) is 5.02 Å². The van der Waals surface area contributed by atoms with E-state index in [0.717, 1.165) is 42.1 Å². The maximum Gasteiger partial charge on any atom is 0.122 e. The van der Waals surface area contributed by atoms with Crippen LogP contribution in [0.15, 0.2) is 18.2 Å². The van der Waals surface area contributed by atoms with Gasteiger partial charge in [-0.15, -0.1) is 0 Å². The number of benzene rings is 1. The summed E-state index contributed by atoms with van der Waals surface area (Å²) in [5.41, 5.74) is 0.887. The second-order valence-corrected chi connectivity index (χ2v) is 5.97. The van der Waals surface area contributed by atoms with Gasteiger partial charge in [0.25, 0.3) is 0 Å². The van der Waals surface area contributed by atoms with E-state index in [1.165, 1.54) is 0 Å². The van der Waals surface area contributed by atoms with E-state index >= 15 is 0 Å². The second kappa shape index (κ2) is 8.62. The average Bonchev–Trinajstić information content (AvgIpc) is 2.50. The SMILES string of the molecule is CCCNC(Cc1cc(Cl)ccc1OC)C(C)(CC)OC. The van der Waals surface area contributed by atoms with E-state index in [0.29, 0.717) is 0 Å². The Labute approximate surface area is 134 Å². The van der Waals surface area contributed by atoms with Crippen molar-refractivity contribution in [1.29, 1.82) is 0 Å². The Balaban J connectivity index is 3.03. The predicted molar refractivity (Wildman–Crippen MR) is 89.5 cm³/mol. The molecule has 0 fully saturated rings. The van der Waals surface area contributed by atoms with E-state index in [2.05, 4.69) is 26.1 Å². The first-order valence-electron chi connectivity index (χ1n) is 7.61. The van der Waals surface area contributed by atoms with E-state index < -0.39 is 0 Å². The van der Waals surface area contributed by atoms with Crippen molar-refractivity contribution in [2.45, 2.75) is 51.7 Å². The van der Waals surface area contributed by atoms with E-state index in [4.69, 9.17) is 21.1 Å². The van der Waals surface area contributed by atoms with Crippen molar-refractivity contribution in [1.82, 2.24) is 5.32 Å². The summed E-state index contributed by atoms with van der Waals surface area (Å²) in [6, 6.07) is 5.96. The number of hydrogen-bond donors (Lipinski definition) is 1. The summed E-state index contributed by atoms with van der Waals surface area (Å²) in [5.74, 6) is 0.872. The van der Waals surface area contributed by atoms with Gasteiger partial charge in [0.2, 0.25) is 0 Å². The molecule has 1 N–H and O–H groups in total. The molecular formula is C17H28ClNO2. The number of hydrogen-bond acceptors (Lipinski definition) is 3. The fourth-order valence-corrected chi connectivity index (χ4v) is 2.68. The van der Waals surface area contributed by atoms with Crippen molar-refractivity contribution >= 4 is 11.6 Å². The van der Waals surface area contributed by atoms with Gasteiger partial charge in [-0.3, -0.25) is 0 Å². The molecule has 0 aromatic heterocycles. The molecule has 0 radical (unpaired) electrons. The van der Waals surface area contributed by atoms with Crippen LogP contribution in [0.3, 0.4) is 0 Å². The molecular weight excluding hydrogens is 286 g/mol. The summed E-state index contributed by atoms with van der Waals surface area (Å²) in [5, 5.41) is 4.34. The smallest absolute Gasteiger partial charge is 0.122 e. The normalized spacial score (nSPS) is 15.5. The van der Waals surface area contributed by atoms with Crippen LogP contribution in [-0.2, 0) is 11.2 Å². The Kier molecular flexibility index (Phi) is 7.50. The summed E-state index contributed by atoms with van der Waals surface area (Å²) in [6.07, 6.45) is 2.85. The summed E-state index contributed by atoms with van der Waals surface area (Å²) in [6.45, 7) is 7.43. The third kappa shape index (κ3) is 4.87. The highest BCUT2D eigenvalue weighted by Gasteiger charge is 2.32. The molecule has 1 aromatic carbocycles. The molecule has 0 bridgehead atoms. The van der Waals surface area contributed by atoms with E-state index in [-0.39, 0.29) is 11.6 Å². The molecule has 4 heteroatoms. The van der Waals surface area contributed by atoms with Crippen LogP contribution in [0, 0.1) is 0 Å². The van der Waals surface area contributed by atoms with Crippen LogP contribution >= 0.6 is 11.6 Å². The summed E-state index contributed by atoms with van der Waals surface area (Å²) in [7, 11) is 3.47. The minimum Gasteiger partial charge on any atom is -0.496 e. The molecule has 0 saturated heterocycles. The number of rotatable bonds is 9. The van der Waals surface area contributed by atoms with Crippen molar-refractivity contribution in [3.8, 4) is 5.75 Å². The van der Waals surface area contributed by atoms with Gasteiger partial charge in [-0.25, -0.2) is 0 Å². The third-order valence-corrected chi connectivity index (χ3v) is 4.45. The molecule has 3 nitrogen and oxygen atoms in total. The third-order valence-electron chi connectivity index (χ3n) is 4.21. The van der Waals surface area contributed by atoms with Gasteiger partial charge in [-0.1, -0.05) is 25.4 Å². The Morgan fingerprint density at radius 3 is 2.52 bits per heavy atom. The van der Waals surface area contributed by atoms with E-state index in [1.54, 1.807) is 14.2 Å².